The van der Waals surface area contributed by atoms with Gasteiger partial charge in [0, 0.05) is 4.47 Å². The summed E-state index contributed by atoms with van der Waals surface area (Å²) >= 11 is 14.2. The third kappa shape index (κ3) is 6.08. The van der Waals surface area contributed by atoms with Crippen LogP contribution in [0.3, 0.4) is 0 Å². The van der Waals surface area contributed by atoms with Gasteiger partial charge in [0.15, 0.2) is 5.11 Å². The summed E-state index contributed by atoms with van der Waals surface area (Å²) in [4.78, 5) is 12.6. The fraction of sp³-hybridized carbons (Fsp3) is 0.222. The smallest absolute Gasteiger partial charge is 0.416 e. The third-order valence-corrected chi connectivity index (χ3v) is 4.34. The molecule has 0 fully saturated rings. The number of hydrogen-bond donors (Lipinski definition) is 2. The number of ether oxygens (including phenoxy) is 1. The zero-order chi connectivity index (χ0) is 21.1. The molecule has 0 spiro atoms. The van der Waals surface area contributed by atoms with E-state index >= 15 is 0 Å². The number of benzene rings is 2. The zero-order valence-corrected chi connectivity index (χ0v) is 17.8. The van der Waals surface area contributed by atoms with Gasteiger partial charge in [0.1, 0.15) is 5.75 Å². The summed E-state index contributed by atoms with van der Waals surface area (Å²) in [7, 11) is 0. The van der Waals surface area contributed by atoms with Gasteiger partial charge in [-0.2, -0.15) is 13.2 Å². The zero-order valence-electron chi connectivity index (χ0n) is 14.7. The van der Waals surface area contributed by atoms with E-state index in [0.717, 1.165) is 18.2 Å². The quantitative estimate of drug-likeness (QED) is 0.508. The lowest BCUT2D eigenvalue weighted by Gasteiger charge is -2.16. The van der Waals surface area contributed by atoms with E-state index in [4.69, 9.17) is 28.6 Å². The SMILES string of the molecule is CC(C)Oc1ccc(Br)cc1C(=O)NC(=S)Nc1cc(C(F)(F)F)ccc1Cl. The predicted molar refractivity (Wildman–Crippen MR) is 110 cm³/mol. The number of thiocarbonyl (C=S) groups is 1. The first-order valence-electron chi connectivity index (χ1n) is 7.92. The van der Waals surface area contributed by atoms with E-state index in [2.05, 4.69) is 26.6 Å². The number of anilines is 1. The van der Waals surface area contributed by atoms with Crippen molar-refractivity contribution >= 4 is 56.5 Å². The summed E-state index contributed by atoms with van der Waals surface area (Å²) in [5.41, 5.74) is -0.759. The van der Waals surface area contributed by atoms with Crippen molar-refractivity contribution in [3.8, 4) is 5.75 Å². The lowest BCUT2D eigenvalue weighted by Crippen LogP contribution is -2.34. The van der Waals surface area contributed by atoms with Gasteiger partial charge in [-0.05, 0) is 62.5 Å². The topological polar surface area (TPSA) is 50.4 Å². The predicted octanol–water partition coefficient (Wildman–Crippen LogP) is 6.04. The highest BCUT2D eigenvalue weighted by Gasteiger charge is 2.31. The molecule has 0 aliphatic heterocycles. The van der Waals surface area contributed by atoms with Crippen molar-refractivity contribution in [1.82, 2.24) is 5.32 Å². The molecule has 2 aromatic rings. The van der Waals surface area contributed by atoms with Gasteiger partial charge in [0.05, 0.1) is 27.9 Å². The molecule has 2 rings (SSSR count). The van der Waals surface area contributed by atoms with E-state index in [9.17, 15) is 18.0 Å². The Morgan fingerprint density at radius 1 is 1.21 bits per heavy atom. The molecule has 0 heterocycles. The number of carbonyl (C=O) groups is 1. The van der Waals surface area contributed by atoms with E-state index in [0.29, 0.717) is 10.2 Å². The highest BCUT2D eigenvalue weighted by molar-refractivity contribution is 9.10. The van der Waals surface area contributed by atoms with Gasteiger partial charge in [0.25, 0.3) is 5.91 Å². The van der Waals surface area contributed by atoms with Crippen LogP contribution < -0.4 is 15.4 Å². The van der Waals surface area contributed by atoms with E-state index < -0.39 is 17.6 Å². The number of alkyl halides is 3. The first kappa shape index (κ1) is 22.4. The number of halogens is 5. The van der Waals surface area contributed by atoms with Crippen LogP contribution in [-0.4, -0.2) is 17.1 Å². The number of hydrogen-bond acceptors (Lipinski definition) is 3. The highest BCUT2D eigenvalue weighted by atomic mass is 79.9. The van der Waals surface area contributed by atoms with E-state index in [-0.39, 0.29) is 27.5 Å². The summed E-state index contributed by atoms with van der Waals surface area (Å²) in [5, 5.41) is 4.74. The fourth-order valence-corrected chi connectivity index (χ4v) is 2.89. The Kier molecular flexibility index (Phi) is 7.30. The maximum absolute atomic E-state index is 12.9. The van der Waals surface area contributed by atoms with Gasteiger partial charge in [-0.25, -0.2) is 0 Å². The Labute approximate surface area is 178 Å². The normalized spacial score (nSPS) is 11.3. The summed E-state index contributed by atoms with van der Waals surface area (Å²) < 4.78 is 44.8. The second kappa shape index (κ2) is 9.11. The molecule has 0 radical (unpaired) electrons. The van der Waals surface area contributed by atoms with Crippen molar-refractivity contribution in [2.45, 2.75) is 26.1 Å². The van der Waals surface area contributed by atoms with Crippen LogP contribution in [0.2, 0.25) is 5.02 Å². The molecule has 0 atom stereocenters. The van der Waals surface area contributed by atoms with Crippen molar-refractivity contribution in [1.29, 1.82) is 0 Å². The summed E-state index contributed by atoms with van der Waals surface area (Å²) in [6, 6.07) is 7.65. The van der Waals surface area contributed by atoms with Gasteiger partial charge in [0.2, 0.25) is 0 Å². The molecule has 0 unspecified atom stereocenters. The van der Waals surface area contributed by atoms with Gasteiger partial charge >= 0.3 is 6.18 Å². The van der Waals surface area contributed by atoms with Gasteiger partial charge < -0.3 is 10.1 Å². The largest absolute Gasteiger partial charge is 0.490 e. The van der Waals surface area contributed by atoms with E-state index in [1.807, 2.05) is 13.8 Å². The maximum atomic E-state index is 12.9. The van der Waals surface area contributed by atoms with Crippen LogP contribution in [0, 0.1) is 0 Å². The Hall–Kier alpha value is -1.84. The number of carbonyl (C=O) groups excluding carboxylic acids is 1. The molecular formula is C18H15BrClF3N2O2S. The van der Waals surface area contributed by atoms with Crippen LogP contribution in [0.4, 0.5) is 18.9 Å². The second-order valence-corrected chi connectivity index (χ2v) is 7.64. The van der Waals surface area contributed by atoms with Crippen molar-refractivity contribution < 1.29 is 22.7 Å². The number of amides is 1. The molecule has 2 N–H and O–H groups in total. The molecule has 2 aromatic carbocycles. The average Bonchev–Trinajstić information content (AvgIpc) is 2.56. The molecular weight excluding hydrogens is 481 g/mol. The summed E-state index contributed by atoms with van der Waals surface area (Å²) in [5.74, 6) is -0.242. The van der Waals surface area contributed by atoms with Crippen LogP contribution in [0.15, 0.2) is 40.9 Å². The van der Waals surface area contributed by atoms with E-state index in [1.54, 1.807) is 18.2 Å². The molecule has 0 aliphatic carbocycles. The molecule has 150 valence electrons. The lowest BCUT2D eigenvalue weighted by atomic mass is 10.2. The molecule has 4 nitrogen and oxygen atoms in total. The molecule has 0 saturated carbocycles. The van der Waals surface area contributed by atoms with Crippen molar-refractivity contribution in [2.75, 3.05) is 5.32 Å². The minimum absolute atomic E-state index is 0.0240. The van der Waals surface area contributed by atoms with Crippen LogP contribution in [0.1, 0.15) is 29.8 Å². The highest BCUT2D eigenvalue weighted by Crippen LogP contribution is 2.33. The van der Waals surface area contributed by atoms with Gasteiger partial charge in [-0.15, -0.1) is 0 Å². The summed E-state index contributed by atoms with van der Waals surface area (Å²) in [6.45, 7) is 3.62. The Bertz CT molecular complexity index is 907. The average molecular weight is 496 g/mol. The molecule has 1 amide bonds. The maximum Gasteiger partial charge on any atom is 0.416 e. The Balaban J connectivity index is 2.18. The van der Waals surface area contributed by atoms with Crippen molar-refractivity contribution in [3.63, 3.8) is 0 Å². The van der Waals surface area contributed by atoms with Crippen LogP contribution in [0.25, 0.3) is 0 Å². The van der Waals surface area contributed by atoms with Crippen LogP contribution in [-0.2, 0) is 6.18 Å². The van der Waals surface area contributed by atoms with Gasteiger partial charge in [-0.3, -0.25) is 10.1 Å². The fourth-order valence-electron chi connectivity index (χ4n) is 2.16. The summed E-state index contributed by atoms with van der Waals surface area (Å²) in [6.07, 6.45) is -4.70. The second-order valence-electron chi connectivity index (χ2n) is 5.91. The van der Waals surface area contributed by atoms with Crippen LogP contribution >= 0.6 is 39.7 Å². The minimum Gasteiger partial charge on any atom is -0.490 e. The monoisotopic (exact) mass is 494 g/mol. The Morgan fingerprint density at radius 2 is 1.89 bits per heavy atom. The van der Waals surface area contributed by atoms with Crippen LogP contribution in [0.5, 0.6) is 5.75 Å². The number of nitrogens with one attached hydrogen (secondary N) is 2. The lowest BCUT2D eigenvalue weighted by molar-refractivity contribution is -0.137. The molecule has 0 aromatic heterocycles. The standard InChI is InChI=1S/C18H15BrClF3N2O2S/c1-9(2)27-15-6-4-11(19)8-12(15)16(26)25-17(28)24-14-7-10(18(21,22)23)3-5-13(14)20/h3-9H,1-2H3,(H2,24,25,26,28). The molecule has 0 bridgehead atoms. The molecule has 10 heteroatoms. The number of rotatable bonds is 4. The first-order valence-corrected chi connectivity index (χ1v) is 9.50. The molecule has 28 heavy (non-hydrogen) atoms. The first-order chi connectivity index (χ1) is 13.0. The van der Waals surface area contributed by atoms with E-state index in [1.165, 1.54) is 0 Å². The van der Waals surface area contributed by atoms with Crippen molar-refractivity contribution in [2.24, 2.45) is 0 Å². The minimum atomic E-state index is -4.54. The van der Waals surface area contributed by atoms with Crippen molar-refractivity contribution in [3.05, 3.63) is 57.0 Å². The molecule has 0 saturated heterocycles. The van der Waals surface area contributed by atoms with Gasteiger partial charge in [-0.1, -0.05) is 27.5 Å². The Morgan fingerprint density at radius 3 is 2.50 bits per heavy atom. The third-order valence-electron chi connectivity index (χ3n) is 3.32. The molecule has 0 aliphatic rings.